The summed E-state index contributed by atoms with van der Waals surface area (Å²) < 4.78 is 12.7. The van der Waals surface area contributed by atoms with Gasteiger partial charge in [-0.25, -0.2) is 9.50 Å². The molecule has 9 heteroatoms. The Morgan fingerprint density at radius 3 is 2.39 bits per heavy atom. The Morgan fingerprint density at radius 2 is 1.75 bits per heavy atom. The topological polar surface area (TPSA) is 115 Å². The largest absolute Gasteiger partial charge is 0.497 e. The Hall–Kier alpha value is -4.71. The van der Waals surface area contributed by atoms with Crippen molar-refractivity contribution in [3.8, 4) is 40.3 Å². The SMILES string of the molecule is CC#CC(=O)N1CCC(c2c[nH]n3c(C(N)=O)c(-c4ccc(Oc5ccc(OC)cc5)cc4)nc23)C1. The summed E-state index contributed by atoms with van der Waals surface area (Å²) in [6.07, 6.45) is 2.62. The first-order chi connectivity index (χ1) is 17.5. The lowest BCUT2D eigenvalue weighted by Gasteiger charge is -2.12. The number of nitrogens with two attached hydrogens (primary N) is 1. The van der Waals surface area contributed by atoms with Crippen molar-refractivity contribution in [3.63, 3.8) is 0 Å². The molecule has 4 aromatic rings. The number of nitrogens with one attached hydrogen (secondary N) is 1. The lowest BCUT2D eigenvalue weighted by molar-refractivity contribution is -0.124. The van der Waals surface area contributed by atoms with Crippen LogP contribution in [0.1, 0.15) is 35.3 Å². The Bertz CT molecular complexity index is 1490. The zero-order chi connectivity index (χ0) is 25.2. The molecule has 5 rings (SSSR count). The van der Waals surface area contributed by atoms with Gasteiger partial charge in [0.2, 0.25) is 0 Å². The van der Waals surface area contributed by atoms with Crippen LogP contribution in [0.4, 0.5) is 0 Å². The quantitative estimate of drug-likeness (QED) is 0.407. The summed E-state index contributed by atoms with van der Waals surface area (Å²) in [5, 5.41) is 3.11. The molecule has 2 amide bonds. The molecular weight excluding hydrogens is 458 g/mol. The van der Waals surface area contributed by atoms with Gasteiger partial charge in [-0.15, -0.1) is 0 Å². The highest BCUT2D eigenvalue weighted by Gasteiger charge is 2.31. The van der Waals surface area contributed by atoms with Crippen molar-refractivity contribution in [3.05, 3.63) is 66.0 Å². The van der Waals surface area contributed by atoms with Gasteiger partial charge < -0.3 is 20.1 Å². The van der Waals surface area contributed by atoms with Crippen LogP contribution in [0.5, 0.6) is 17.2 Å². The fourth-order valence-electron chi connectivity index (χ4n) is 4.51. The van der Waals surface area contributed by atoms with Crippen LogP contribution < -0.4 is 15.2 Å². The highest BCUT2D eigenvalue weighted by Crippen LogP contribution is 2.34. The maximum Gasteiger partial charge on any atom is 0.298 e. The van der Waals surface area contributed by atoms with Crippen LogP contribution >= 0.6 is 0 Å². The first kappa shape index (κ1) is 23.1. The lowest BCUT2D eigenvalue weighted by atomic mass is 10.0. The van der Waals surface area contributed by atoms with E-state index in [0.717, 1.165) is 23.3 Å². The Kier molecular flexibility index (Phi) is 6.09. The number of hydrogen-bond acceptors (Lipinski definition) is 5. The Balaban J connectivity index is 1.42. The molecule has 182 valence electrons. The number of primary amides is 1. The van der Waals surface area contributed by atoms with Crippen LogP contribution in [0, 0.1) is 11.8 Å². The maximum absolute atomic E-state index is 12.4. The molecule has 1 unspecified atom stereocenters. The van der Waals surface area contributed by atoms with Crippen LogP contribution in [-0.4, -0.2) is 51.5 Å². The number of carbonyl (C=O) groups is 2. The molecule has 0 aliphatic carbocycles. The van der Waals surface area contributed by atoms with E-state index in [4.69, 9.17) is 20.2 Å². The van der Waals surface area contributed by atoms with Crippen LogP contribution in [0.2, 0.25) is 0 Å². The number of likely N-dealkylation sites (tertiary alicyclic amines) is 1. The zero-order valence-corrected chi connectivity index (χ0v) is 19.9. The Morgan fingerprint density at radius 1 is 1.08 bits per heavy atom. The number of hydrogen-bond donors (Lipinski definition) is 2. The monoisotopic (exact) mass is 483 g/mol. The number of imidazole rings is 1. The summed E-state index contributed by atoms with van der Waals surface area (Å²) >= 11 is 0. The Labute approximate surface area is 207 Å². The molecule has 1 fully saturated rings. The number of ether oxygens (including phenoxy) is 2. The van der Waals surface area contributed by atoms with Crippen molar-refractivity contribution in [2.24, 2.45) is 5.73 Å². The third-order valence-electron chi connectivity index (χ3n) is 6.29. The molecule has 0 saturated carbocycles. The van der Waals surface area contributed by atoms with Crippen LogP contribution in [0.25, 0.3) is 16.9 Å². The summed E-state index contributed by atoms with van der Waals surface area (Å²) in [6.45, 7) is 2.82. The van der Waals surface area contributed by atoms with E-state index in [0.29, 0.717) is 35.9 Å². The minimum absolute atomic E-state index is 0.0811. The first-order valence-corrected chi connectivity index (χ1v) is 11.5. The third-order valence-corrected chi connectivity index (χ3v) is 6.29. The van der Waals surface area contributed by atoms with Gasteiger partial charge in [0.25, 0.3) is 11.8 Å². The van der Waals surface area contributed by atoms with E-state index in [1.54, 1.807) is 23.4 Å². The number of nitrogens with zero attached hydrogens (tertiary/aromatic N) is 3. The minimum Gasteiger partial charge on any atom is -0.497 e. The molecule has 3 heterocycles. The van der Waals surface area contributed by atoms with Crippen LogP contribution in [-0.2, 0) is 4.79 Å². The van der Waals surface area contributed by atoms with Gasteiger partial charge in [0.15, 0.2) is 11.3 Å². The third kappa shape index (κ3) is 4.25. The van der Waals surface area contributed by atoms with Crippen molar-refractivity contribution < 1.29 is 19.1 Å². The number of aromatic nitrogens is 3. The lowest BCUT2D eigenvalue weighted by Crippen LogP contribution is -2.26. The summed E-state index contributed by atoms with van der Waals surface area (Å²) in [6, 6.07) is 14.6. The van der Waals surface area contributed by atoms with Crippen molar-refractivity contribution in [2.75, 3.05) is 20.2 Å². The van der Waals surface area contributed by atoms with E-state index >= 15 is 0 Å². The fourth-order valence-corrected chi connectivity index (χ4v) is 4.51. The highest BCUT2D eigenvalue weighted by molar-refractivity contribution is 5.98. The molecule has 0 spiro atoms. The van der Waals surface area contributed by atoms with E-state index < -0.39 is 5.91 Å². The number of aromatic amines is 1. The fraction of sp³-hybridized carbons (Fsp3) is 0.222. The van der Waals surface area contributed by atoms with Gasteiger partial charge in [-0.3, -0.25) is 14.7 Å². The summed E-state index contributed by atoms with van der Waals surface area (Å²) in [5.74, 6) is 6.63. The van der Waals surface area contributed by atoms with Gasteiger partial charge in [-0.1, -0.05) is 5.92 Å². The van der Waals surface area contributed by atoms with Crippen LogP contribution in [0.3, 0.4) is 0 Å². The van der Waals surface area contributed by atoms with E-state index in [1.165, 1.54) is 0 Å². The molecule has 0 radical (unpaired) electrons. The van der Waals surface area contributed by atoms with Gasteiger partial charge >= 0.3 is 0 Å². The van der Waals surface area contributed by atoms with Gasteiger partial charge in [0.1, 0.15) is 22.9 Å². The molecule has 2 aromatic carbocycles. The van der Waals surface area contributed by atoms with E-state index in [-0.39, 0.29) is 17.5 Å². The molecule has 36 heavy (non-hydrogen) atoms. The predicted molar refractivity (Wildman–Crippen MR) is 134 cm³/mol. The van der Waals surface area contributed by atoms with Gasteiger partial charge in [0, 0.05) is 36.3 Å². The second kappa shape index (κ2) is 9.50. The number of fused-ring (bicyclic) bond motifs is 1. The molecule has 9 nitrogen and oxygen atoms in total. The van der Waals surface area contributed by atoms with E-state index in [9.17, 15) is 9.59 Å². The average molecular weight is 484 g/mol. The number of methoxy groups -OCH3 is 1. The first-order valence-electron chi connectivity index (χ1n) is 11.5. The summed E-state index contributed by atoms with van der Waals surface area (Å²) in [5.41, 5.74) is 8.79. The number of benzene rings is 2. The van der Waals surface area contributed by atoms with Gasteiger partial charge in [0.05, 0.1) is 7.11 Å². The normalized spacial score (nSPS) is 14.9. The second-order valence-corrected chi connectivity index (χ2v) is 8.47. The summed E-state index contributed by atoms with van der Waals surface area (Å²) in [7, 11) is 1.61. The second-order valence-electron chi connectivity index (χ2n) is 8.47. The van der Waals surface area contributed by atoms with Crippen molar-refractivity contribution >= 4 is 17.5 Å². The van der Waals surface area contributed by atoms with Crippen molar-refractivity contribution in [1.29, 1.82) is 0 Å². The molecule has 1 atom stereocenters. The number of amides is 2. The standard InChI is InChI=1S/C27H25N5O4/c1-3-4-23(33)31-14-13-18(16-31)22-15-29-32-25(26(28)34)24(30-27(22)32)17-5-7-20(8-6-17)36-21-11-9-19(35-2)10-12-21/h5-12,15,18,29H,13-14,16H2,1-2H3,(H2,28,34). The molecule has 3 N–H and O–H groups in total. The molecule has 1 saturated heterocycles. The molecule has 1 aliphatic rings. The van der Waals surface area contributed by atoms with Crippen molar-refractivity contribution in [2.45, 2.75) is 19.3 Å². The smallest absolute Gasteiger partial charge is 0.298 e. The summed E-state index contributed by atoms with van der Waals surface area (Å²) in [4.78, 5) is 31.1. The highest BCUT2D eigenvalue weighted by atomic mass is 16.5. The van der Waals surface area contributed by atoms with Gasteiger partial charge in [-0.2, -0.15) is 0 Å². The zero-order valence-electron chi connectivity index (χ0n) is 19.9. The average Bonchev–Trinajstić information content (AvgIpc) is 3.60. The van der Waals surface area contributed by atoms with E-state index in [1.807, 2.05) is 54.7 Å². The van der Waals surface area contributed by atoms with Crippen molar-refractivity contribution in [1.82, 2.24) is 19.5 Å². The van der Waals surface area contributed by atoms with Gasteiger partial charge in [-0.05, 0) is 67.8 Å². The maximum atomic E-state index is 12.4. The van der Waals surface area contributed by atoms with E-state index in [2.05, 4.69) is 16.9 Å². The number of H-pyrrole nitrogens is 1. The molecule has 0 bridgehead atoms. The number of carbonyl (C=O) groups excluding carboxylic acids is 2. The van der Waals surface area contributed by atoms with Crippen LogP contribution in [0.15, 0.2) is 54.7 Å². The molecular formula is C27H25N5O4. The molecule has 1 aliphatic heterocycles. The minimum atomic E-state index is -0.592. The molecule has 2 aromatic heterocycles. The number of rotatable bonds is 6. The predicted octanol–water partition coefficient (Wildman–Crippen LogP) is 3.57.